The van der Waals surface area contributed by atoms with Crippen molar-refractivity contribution >= 4 is 47.2 Å². The van der Waals surface area contributed by atoms with Gasteiger partial charge < -0.3 is 20.5 Å². The Morgan fingerprint density at radius 2 is 1.83 bits per heavy atom. The minimum absolute atomic E-state index is 0. The van der Waals surface area contributed by atoms with Gasteiger partial charge >= 0.3 is 0 Å². The van der Waals surface area contributed by atoms with Crippen molar-refractivity contribution in [2.45, 2.75) is 6.54 Å². The monoisotopic (exact) mass is 447 g/mol. The van der Waals surface area contributed by atoms with Crippen LogP contribution in [0.15, 0.2) is 47.5 Å². The lowest BCUT2D eigenvalue weighted by Crippen LogP contribution is -2.22. The summed E-state index contributed by atoms with van der Waals surface area (Å²) in [6.45, 7) is 0.398. The van der Waals surface area contributed by atoms with Gasteiger partial charge in [0.1, 0.15) is 11.5 Å². The smallest absolute Gasteiger partial charge is 0.193 e. The first kappa shape index (κ1) is 19.4. The van der Waals surface area contributed by atoms with Crippen LogP contribution in [-0.4, -0.2) is 20.2 Å². The molecule has 3 N–H and O–H groups in total. The zero-order valence-corrected chi connectivity index (χ0v) is 16.0. The summed E-state index contributed by atoms with van der Waals surface area (Å²) < 4.78 is 10.4. The van der Waals surface area contributed by atoms with Crippen molar-refractivity contribution in [3.63, 3.8) is 0 Å². The first-order valence-electron chi connectivity index (χ1n) is 6.66. The molecule has 0 unspecified atom stereocenters. The fourth-order valence-electron chi connectivity index (χ4n) is 1.88. The predicted octanol–water partition coefficient (Wildman–Crippen LogP) is 3.90. The number of aliphatic imine (C=N–C) groups is 1. The lowest BCUT2D eigenvalue weighted by atomic mass is 10.2. The summed E-state index contributed by atoms with van der Waals surface area (Å²) in [7, 11) is 3.22. The van der Waals surface area contributed by atoms with E-state index in [0.29, 0.717) is 23.3 Å². The Morgan fingerprint density at radius 1 is 1.13 bits per heavy atom. The molecule has 0 heterocycles. The standard InChI is InChI=1S/C16H18ClN3O2.HI/c1-21-14-7-5-13(6-8-14)20-16(18)19-10-11-3-4-12(17)9-15(11)22-2;/h3-9H,10H2,1-2H3,(H3,18,19,20);1H. The van der Waals surface area contributed by atoms with Gasteiger partial charge in [0.25, 0.3) is 0 Å². The number of nitrogens with one attached hydrogen (secondary N) is 1. The molecule has 0 aromatic heterocycles. The summed E-state index contributed by atoms with van der Waals surface area (Å²) in [4.78, 5) is 4.30. The van der Waals surface area contributed by atoms with Crippen LogP contribution in [0.4, 0.5) is 5.69 Å². The van der Waals surface area contributed by atoms with Crippen molar-refractivity contribution in [2.75, 3.05) is 19.5 Å². The zero-order valence-electron chi connectivity index (χ0n) is 12.9. The lowest BCUT2D eigenvalue weighted by molar-refractivity contribution is 0.410. The Kier molecular flexibility index (Phi) is 7.97. The van der Waals surface area contributed by atoms with E-state index in [9.17, 15) is 0 Å². The van der Waals surface area contributed by atoms with E-state index >= 15 is 0 Å². The van der Waals surface area contributed by atoms with Gasteiger partial charge in [-0.15, -0.1) is 24.0 Å². The van der Waals surface area contributed by atoms with Crippen LogP contribution in [0.1, 0.15) is 5.56 Å². The number of ether oxygens (including phenoxy) is 2. The first-order valence-corrected chi connectivity index (χ1v) is 7.03. The van der Waals surface area contributed by atoms with Crippen molar-refractivity contribution in [3.8, 4) is 11.5 Å². The van der Waals surface area contributed by atoms with Gasteiger partial charge in [0.05, 0.1) is 20.8 Å². The molecule has 7 heteroatoms. The van der Waals surface area contributed by atoms with Crippen LogP contribution in [0.25, 0.3) is 0 Å². The van der Waals surface area contributed by atoms with E-state index in [4.69, 9.17) is 26.8 Å². The topological polar surface area (TPSA) is 68.9 Å². The number of rotatable bonds is 5. The van der Waals surface area contributed by atoms with E-state index in [2.05, 4.69) is 10.3 Å². The maximum absolute atomic E-state index is 5.93. The van der Waals surface area contributed by atoms with Crippen LogP contribution in [0, 0.1) is 0 Å². The molecular weight excluding hydrogens is 429 g/mol. The Bertz CT molecular complexity index is 663. The molecule has 2 rings (SSSR count). The third-order valence-electron chi connectivity index (χ3n) is 3.03. The summed E-state index contributed by atoms with van der Waals surface area (Å²) in [5.74, 6) is 1.79. The lowest BCUT2D eigenvalue weighted by Gasteiger charge is -2.09. The van der Waals surface area contributed by atoms with E-state index in [0.717, 1.165) is 17.0 Å². The highest BCUT2D eigenvalue weighted by Gasteiger charge is 2.03. The average molecular weight is 448 g/mol. The summed E-state index contributed by atoms with van der Waals surface area (Å²) >= 11 is 5.93. The normalized spacial score (nSPS) is 10.7. The second kappa shape index (κ2) is 9.46. The number of nitrogens with two attached hydrogens (primary N) is 1. The third kappa shape index (κ3) is 5.80. The number of halogens is 2. The molecule has 0 aliphatic heterocycles. The zero-order chi connectivity index (χ0) is 15.9. The fraction of sp³-hybridized carbons (Fsp3) is 0.188. The quantitative estimate of drug-likeness (QED) is 0.414. The average Bonchev–Trinajstić information content (AvgIpc) is 2.54. The van der Waals surface area contributed by atoms with Gasteiger partial charge in [-0.2, -0.15) is 0 Å². The van der Waals surface area contributed by atoms with Crippen LogP contribution in [-0.2, 0) is 6.54 Å². The maximum Gasteiger partial charge on any atom is 0.193 e. The Hall–Kier alpha value is -1.67. The molecule has 2 aromatic rings. The fourth-order valence-corrected chi connectivity index (χ4v) is 2.04. The van der Waals surface area contributed by atoms with Gasteiger partial charge in [-0.05, 0) is 36.4 Å². The molecule has 0 bridgehead atoms. The van der Waals surface area contributed by atoms with Gasteiger partial charge in [-0.3, -0.25) is 0 Å². The number of nitrogens with zero attached hydrogens (tertiary/aromatic N) is 1. The van der Waals surface area contributed by atoms with Gasteiger partial charge in [0.15, 0.2) is 5.96 Å². The number of hydrogen-bond acceptors (Lipinski definition) is 3. The highest BCUT2D eigenvalue weighted by atomic mass is 127. The number of methoxy groups -OCH3 is 2. The van der Waals surface area contributed by atoms with E-state index in [1.807, 2.05) is 30.3 Å². The maximum atomic E-state index is 5.93. The van der Waals surface area contributed by atoms with E-state index in [1.54, 1.807) is 26.4 Å². The summed E-state index contributed by atoms with van der Waals surface area (Å²) in [5.41, 5.74) is 7.63. The SMILES string of the molecule is COc1ccc(NC(N)=NCc2ccc(Cl)cc2OC)cc1.I. The van der Waals surface area contributed by atoms with Crippen LogP contribution >= 0.6 is 35.6 Å². The number of guanidine groups is 1. The molecule has 0 spiro atoms. The number of hydrogen-bond donors (Lipinski definition) is 2. The largest absolute Gasteiger partial charge is 0.497 e. The number of anilines is 1. The second-order valence-electron chi connectivity index (χ2n) is 4.51. The van der Waals surface area contributed by atoms with Gasteiger partial charge in [-0.1, -0.05) is 17.7 Å². The van der Waals surface area contributed by atoms with Crippen molar-refractivity contribution in [1.29, 1.82) is 0 Å². The molecule has 5 nitrogen and oxygen atoms in total. The van der Waals surface area contributed by atoms with Crippen molar-refractivity contribution in [1.82, 2.24) is 0 Å². The molecule has 0 saturated carbocycles. The van der Waals surface area contributed by atoms with E-state index < -0.39 is 0 Å². The Morgan fingerprint density at radius 3 is 2.43 bits per heavy atom. The molecule has 0 amide bonds. The summed E-state index contributed by atoms with van der Waals surface area (Å²) in [6.07, 6.45) is 0. The molecule has 0 fully saturated rings. The minimum atomic E-state index is 0. The Balaban J connectivity index is 0.00000264. The molecular formula is C16H19ClIN3O2. The molecule has 124 valence electrons. The molecule has 0 aliphatic carbocycles. The highest BCUT2D eigenvalue weighted by molar-refractivity contribution is 14.0. The molecule has 0 atom stereocenters. The summed E-state index contributed by atoms with van der Waals surface area (Å²) in [6, 6.07) is 12.8. The molecule has 0 radical (unpaired) electrons. The molecule has 23 heavy (non-hydrogen) atoms. The van der Waals surface area contributed by atoms with Crippen molar-refractivity contribution in [3.05, 3.63) is 53.1 Å². The summed E-state index contributed by atoms with van der Waals surface area (Å²) in [5, 5.41) is 3.64. The minimum Gasteiger partial charge on any atom is -0.497 e. The highest BCUT2D eigenvalue weighted by Crippen LogP contribution is 2.23. The van der Waals surface area contributed by atoms with Gasteiger partial charge in [0.2, 0.25) is 0 Å². The van der Waals surface area contributed by atoms with E-state index in [-0.39, 0.29) is 24.0 Å². The molecule has 0 saturated heterocycles. The third-order valence-corrected chi connectivity index (χ3v) is 3.27. The molecule has 2 aromatic carbocycles. The van der Waals surface area contributed by atoms with E-state index in [1.165, 1.54) is 0 Å². The first-order chi connectivity index (χ1) is 10.6. The Labute approximate surface area is 157 Å². The van der Waals surface area contributed by atoms with Crippen LogP contribution in [0.3, 0.4) is 0 Å². The predicted molar refractivity (Wildman–Crippen MR) is 105 cm³/mol. The van der Waals surface area contributed by atoms with Crippen molar-refractivity contribution < 1.29 is 9.47 Å². The molecule has 0 aliphatic rings. The van der Waals surface area contributed by atoms with Crippen LogP contribution in [0.5, 0.6) is 11.5 Å². The van der Waals surface area contributed by atoms with Crippen molar-refractivity contribution in [2.24, 2.45) is 10.7 Å². The van der Waals surface area contributed by atoms with Gasteiger partial charge in [0, 0.05) is 16.3 Å². The van der Waals surface area contributed by atoms with Gasteiger partial charge in [-0.25, -0.2) is 4.99 Å². The van der Waals surface area contributed by atoms with Crippen LogP contribution in [0.2, 0.25) is 5.02 Å². The van der Waals surface area contributed by atoms with Crippen LogP contribution < -0.4 is 20.5 Å². The second-order valence-corrected chi connectivity index (χ2v) is 4.95. The number of benzene rings is 2.